The van der Waals surface area contributed by atoms with Crippen molar-refractivity contribution in [3.63, 3.8) is 0 Å². The van der Waals surface area contributed by atoms with E-state index in [0.29, 0.717) is 6.04 Å². The van der Waals surface area contributed by atoms with Crippen molar-refractivity contribution in [1.29, 1.82) is 0 Å². The lowest BCUT2D eigenvalue weighted by Crippen LogP contribution is -2.45. The summed E-state index contributed by atoms with van der Waals surface area (Å²) < 4.78 is 1.11. The first kappa shape index (κ1) is 12.0. The van der Waals surface area contributed by atoms with Gasteiger partial charge in [-0.2, -0.15) is 0 Å². The van der Waals surface area contributed by atoms with Gasteiger partial charge in [-0.3, -0.25) is 9.88 Å². The summed E-state index contributed by atoms with van der Waals surface area (Å²) in [6.45, 7) is 6.80. The van der Waals surface area contributed by atoms with Gasteiger partial charge in [0, 0.05) is 42.9 Å². The lowest BCUT2D eigenvalue weighted by molar-refractivity contribution is 0.117. The maximum Gasteiger partial charge on any atom is 0.0583 e. The topological polar surface area (TPSA) is 19.4 Å². The Bertz CT molecular complexity index is 348. The number of rotatable bonds is 2. The van der Waals surface area contributed by atoms with Crippen molar-refractivity contribution in [3.8, 4) is 0 Å². The van der Waals surface area contributed by atoms with E-state index in [-0.39, 0.29) is 0 Å². The van der Waals surface area contributed by atoms with E-state index in [1.807, 2.05) is 12.3 Å². The fraction of sp³-hybridized carbons (Fsp3) is 0.583. The van der Waals surface area contributed by atoms with Crippen LogP contribution in [-0.2, 0) is 0 Å². The summed E-state index contributed by atoms with van der Waals surface area (Å²) in [6, 6.07) is 4.50. The molecule has 0 spiro atoms. The summed E-state index contributed by atoms with van der Waals surface area (Å²) in [5.41, 5.74) is 1.15. The molecule has 2 heterocycles. The van der Waals surface area contributed by atoms with Gasteiger partial charge in [0.2, 0.25) is 0 Å². The zero-order valence-corrected chi connectivity index (χ0v) is 11.4. The molecule has 0 N–H and O–H groups in total. The molecule has 1 fully saturated rings. The lowest BCUT2D eigenvalue weighted by atomic mass is 10.1. The van der Waals surface area contributed by atoms with Crippen LogP contribution >= 0.6 is 15.9 Å². The first-order chi connectivity index (χ1) is 7.66. The van der Waals surface area contributed by atoms with Crippen molar-refractivity contribution in [2.75, 3.05) is 33.2 Å². The highest BCUT2D eigenvalue weighted by Crippen LogP contribution is 2.21. The molecule has 2 rings (SSSR count). The molecule has 0 unspecified atom stereocenters. The molecule has 0 aliphatic carbocycles. The maximum absolute atomic E-state index is 4.45. The molecule has 3 nitrogen and oxygen atoms in total. The minimum absolute atomic E-state index is 0.409. The molecule has 1 aromatic rings. The van der Waals surface area contributed by atoms with E-state index in [1.165, 1.54) is 0 Å². The average Bonchev–Trinajstić information content (AvgIpc) is 2.29. The molecule has 1 aliphatic rings. The maximum atomic E-state index is 4.45. The summed E-state index contributed by atoms with van der Waals surface area (Å²) in [6.07, 6.45) is 1.87. The molecule has 1 saturated heterocycles. The second kappa shape index (κ2) is 5.25. The highest BCUT2D eigenvalue weighted by atomic mass is 79.9. The average molecular weight is 284 g/mol. The molecule has 1 aromatic heterocycles. The third kappa shape index (κ3) is 2.81. The van der Waals surface area contributed by atoms with E-state index < -0.39 is 0 Å². The van der Waals surface area contributed by atoms with Crippen LogP contribution in [0.25, 0.3) is 0 Å². The standard InChI is InChI=1S/C12H18BrN3/c1-10(12-9-11(13)3-4-14-12)16-7-5-15(2)6-8-16/h3-4,9-10H,5-8H2,1-2H3/t10-/m0/s1. The van der Waals surface area contributed by atoms with Crippen LogP contribution in [0.3, 0.4) is 0 Å². The number of hydrogen-bond donors (Lipinski definition) is 0. The van der Waals surface area contributed by atoms with Crippen molar-refractivity contribution < 1.29 is 0 Å². The highest BCUT2D eigenvalue weighted by molar-refractivity contribution is 9.10. The van der Waals surface area contributed by atoms with Crippen molar-refractivity contribution in [3.05, 3.63) is 28.5 Å². The number of aromatic nitrogens is 1. The molecule has 4 heteroatoms. The van der Waals surface area contributed by atoms with E-state index in [2.05, 4.69) is 50.8 Å². The first-order valence-electron chi connectivity index (χ1n) is 5.71. The van der Waals surface area contributed by atoms with Crippen LogP contribution in [0.2, 0.25) is 0 Å². The van der Waals surface area contributed by atoms with Crippen molar-refractivity contribution in [1.82, 2.24) is 14.8 Å². The van der Waals surface area contributed by atoms with Gasteiger partial charge in [-0.15, -0.1) is 0 Å². The van der Waals surface area contributed by atoms with E-state index >= 15 is 0 Å². The summed E-state index contributed by atoms with van der Waals surface area (Å²) in [5, 5.41) is 0. The van der Waals surface area contributed by atoms with Gasteiger partial charge in [-0.1, -0.05) is 15.9 Å². The molecule has 0 saturated carbocycles. The third-order valence-corrected chi connectivity index (χ3v) is 3.75. The van der Waals surface area contributed by atoms with E-state index in [4.69, 9.17) is 0 Å². The van der Waals surface area contributed by atoms with Crippen LogP contribution < -0.4 is 0 Å². The van der Waals surface area contributed by atoms with Crippen LogP contribution in [0.5, 0.6) is 0 Å². The molecule has 0 aromatic carbocycles. The quantitative estimate of drug-likeness (QED) is 0.829. The Morgan fingerprint density at radius 2 is 2.00 bits per heavy atom. The zero-order valence-electron chi connectivity index (χ0n) is 9.86. The molecule has 0 bridgehead atoms. The van der Waals surface area contributed by atoms with Crippen LogP contribution in [0, 0.1) is 0 Å². The van der Waals surface area contributed by atoms with Crippen molar-refractivity contribution in [2.45, 2.75) is 13.0 Å². The van der Waals surface area contributed by atoms with Gasteiger partial charge in [-0.05, 0) is 26.1 Å². The Kier molecular flexibility index (Phi) is 3.95. The summed E-state index contributed by atoms with van der Waals surface area (Å²) in [4.78, 5) is 9.32. The van der Waals surface area contributed by atoms with Crippen LogP contribution in [-0.4, -0.2) is 48.0 Å². The number of hydrogen-bond acceptors (Lipinski definition) is 3. The fourth-order valence-electron chi connectivity index (χ4n) is 2.05. The summed E-state index contributed by atoms with van der Waals surface area (Å²) in [7, 11) is 2.18. The molecular formula is C12H18BrN3. The van der Waals surface area contributed by atoms with E-state index in [0.717, 1.165) is 36.3 Å². The SMILES string of the molecule is C[C@@H](c1cc(Br)ccn1)N1CCN(C)CC1. The molecule has 1 atom stereocenters. The van der Waals surface area contributed by atoms with Crippen LogP contribution in [0.15, 0.2) is 22.8 Å². The second-order valence-electron chi connectivity index (χ2n) is 4.41. The van der Waals surface area contributed by atoms with E-state index in [1.54, 1.807) is 0 Å². The van der Waals surface area contributed by atoms with Gasteiger partial charge in [0.15, 0.2) is 0 Å². The molecule has 16 heavy (non-hydrogen) atoms. The molecular weight excluding hydrogens is 266 g/mol. The largest absolute Gasteiger partial charge is 0.304 e. The molecule has 0 radical (unpaired) electrons. The monoisotopic (exact) mass is 283 g/mol. The summed E-state index contributed by atoms with van der Waals surface area (Å²) in [5.74, 6) is 0. The first-order valence-corrected chi connectivity index (χ1v) is 6.50. The predicted molar refractivity (Wildman–Crippen MR) is 69.4 cm³/mol. The van der Waals surface area contributed by atoms with Gasteiger partial charge >= 0.3 is 0 Å². The minimum Gasteiger partial charge on any atom is -0.304 e. The van der Waals surface area contributed by atoms with Gasteiger partial charge < -0.3 is 4.90 Å². The third-order valence-electron chi connectivity index (χ3n) is 3.26. The zero-order chi connectivity index (χ0) is 11.5. The van der Waals surface area contributed by atoms with Crippen molar-refractivity contribution >= 4 is 15.9 Å². The number of likely N-dealkylation sites (N-methyl/N-ethyl adjacent to an activating group) is 1. The van der Waals surface area contributed by atoms with Gasteiger partial charge in [0.05, 0.1) is 5.69 Å². The van der Waals surface area contributed by atoms with Crippen LogP contribution in [0.1, 0.15) is 18.7 Å². The van der Waals surface area contributed by atoms with E-state index in [9.17, 15) is 0 Å². The fourth-order valence-corrected chi connectivity index (χ4v) is 2.40. The Balaban J connectivity index is 2.04. The van der Waals surface area contributed by atoms with Crippen molar-refractivity contribution in [2.24, 2.45) is 0 Å². The minimum atomic E-state index is 0.409. The summed E-state index contributed by atoms with van der Waals surface area (Å²) >= 11 is 3.50. The Morgan fingerprint density at radius 3 is 2.62 bits per heavy atom. The molecule has 0 amide bonds. The Morgan fingerprint density at radius 1 is 1.31 bits per heavy atom. The van der Waals surface area contributed by atoms with Gasteiger partial charge in [0.1, 0.15) is 0 Å². The van der Waals surface area contributed by atoms with Gasteiger partial charge in [-0.25, -0.2) is 0 Å². The Labute approximate surface area is 106 Å². The second-order valence-corrected chi connectivity index (χ2v) is 5.33. The van der Waals surface area contributed by atoms with Crippen LogP contribution in [0.4, 0.5) is 0 Å². The van der Waals surface area contributed by atoms with Gasteiger partial charge in [0.25, 0.3) is 0 Å². The number of halogens is 1. The Hall–Kier alpha value is -0.450. The lowest BCUT2D eigenvalue weighted by Gasteiger charge is -2.36. The number of pyridine rings is 1. The number of nitrogens with zero attached hydrogens (tertiary/aromatic N) is 3. The smallest absolute Gasteiger partial charge is 0.0583 e. The normalized spacial score (nSPS) is 20.9. The predicted octanol–water partition coefficient (Wildman–Crippen LogP) is 2.15. The highest BCUT2D eigenvalue weighted by Gasteiger charge is 2.20. The molecule has 1 aliphatic heterocycles. The molecule has 88 valence electrons. The number of piperazine rings is 1.